The van der Waals surface area contributed by atoms with Crippen LogP contribution >= 0.6 is 34.8 Å². The van der Waals surface area contributed by atoms with Crippen LogP contribution in [0.25, 0.3) is 0 Å². The topological polar surface area (TPSA) is 66.9 Å². The fraction of sp³-hybridized carbons (Fsp3) is 0.0833. The average molecular weight is 332 g/mol. The van der Waals surface area contributed by atoms with E-state index in [1.54, 1.807) is 12.1 Å². The zero-order valence-corrected chi connectivity index (χ0v) is 12.5. The Morgan fingerprint density at radius 3 is 2.55 bits per heavy atom. The van der Waals surface area contributed by atoms with E-state index < -0.39 is 6.03 Å². The summed E-state index contributed by atoms with van der Waals surface area (Å²) in [5, 5.41) is 5.66. The minimum absolute atomic E-state index is 0.0540. The van der Waals surface area contributed by atoms with Crippen molar-refractivity contribution >= 4 is 52.3 Å². The predicted octanol–water partition coefficient (Wildman–Crippen LogP) is 4.39. The third kappa shape index (κ3) is 3.72. The van der Waals surface area contributed by atoms with Crippen LogP contribution in [-0.4, -0.2) is 16.0 Å². The van der Waals surface area contributed by atoms with Gasteiger partial charge >= 0.3 is 6.03 Å². The van der Waals surface area contributed by atoms with Crippen molar-refractivity contribution in [2.45, 2.75) is 6.92 Å². The molecular weight excluding hydrogens is 323 g/mol. The summed E-state index contributed by atoms with van der Waals surface area (Å²) < 4.78 is 0. The van der Waals surface area contributed by atoms with E-state index in [1.165, 1.54) is 6.07 Å². The van der Waals surface area contributed by atoms with Crippen molar-refractivity contribution < 1.29 is 4.79 Å². The third-order valence-electron chi connectivity index (χ3n) is 2.37. The monoisotopic (exact) mass is 330 g/mol. The molecule has 0 bridgehead atoms. The van der Waals surface area contributed by atoms with Gasteiger partial charge in [0.15, 0.2) is 0 Å². The molecule has 1 heterocycles. The van der Waals surface area contributed by atoms with Crippen LogP contribution in [0.4, 0.5) is 16.3 Å². The van der Waals surface area contributed by atoms with Crippen molar-refractivity contribution in [2.75, 3.05) is 10.6 Å². The van der Waals surface area contributed by atoms with E-state index in [0.717, 1.165) is 5.56 Å². The molecule has 2 amide bonds. The highest BCUT2D eigenvalue weighted by molar-refractivity contribution is 6.34. The van der Waals surface area contributed by atoms with Gasteiger partial charge in [0.2, 0.25) is 5.28 Å². The lowest BCUT2D eigenvalue weighted by Crippen LogP contribution is -2.21. The summed E-state index contributed by atoms with van der Waals surface area (Å²) in [6.45, 7) is 1.83. The Bertz CT molecular complexity index is 623. The number of carbonyl (C=O) groups excluding carboxylic acids is 1. The van der Waals surface area contributed by atoms with Crippen LogP contribution in [0.3, 0.4) is 0 Å². The number of aryl methyl sites for hydroxylation is 1. The van der Waals surface area contributed by atoms with Crippen molar-refractivity contribution in [1.82, 2.24) is 9.97 Å². The minimum atomic E-state index is -0.507. The van der Waals surface area contributed by atoms with Gasteiger partial charge in [-0.2, -0.15) is 0 Å². The molecule has 0 saturated heterocycles. The summed E-state index contributed by atoms with van der Waals surface area (Å²) in [4.78, 5) is 19.4. The van der Waals surface area contributed by atoms with E-state index >= 15 is 0 Å². The summed E-state index contributed by atoms with van der Waals surface area (Å²) in [5.74, 6) is 0.192. The Kier molecular flexibility index (Phi) is 4.65. The van der Waals surface area contributed by atoms with Crippen LogP contribution in [0.15, 0.2) is 24.3 Å². The highest BCUT2D eigenvalue weighted by Crippen LogP contribution is 2.25. The minimum Gasteiger partial charge on any atom is -0.306 e. The van der Waals surface area contributed by atoms with Crippen LogP contribution in [-0.2, 0) is 0 Å². The zero-order chi connectivity index (χ0) is 14.7. The number of amides is 2. The van der Waals surface area contributed by atoms with Crippen LogP contribution in [0.5, 0.6) is 0 Å². The molecule has 2 N–H and O–H groups in total. The van der Waals surface area contributed by atoms with Crippen molar-refractivity contribution in [1.29, 1.82) is 0 Å². The highest BCUT2D eigenvalue weighted by Gasteiger charge is 2.10. The first-order valence-electron chi connectivity index (χ1n) is 5.49. The normalized spacial score (nSPS) is 10.2. The number of nitrogens with zero attached hydrogens (tertiary/aromatic N) is 2. The summed E-state index contributed by atoms with van der Waals surface area (Å²) in [5.41, 5.74) is 1.37. The highest BCUT2D eigenvalue weighted by atomic mass is 35.5. The maximum atomic E-state index is 11.9. The second kappa shape index (κ2) is 6.26. The number of urea groups is 1. The number of anilines is 2. The third-order valence-corrected chi connectivity index (χ3v) is 3.05. The first kappa shape index (κ1) is 14.8. The van der Waals surface area contributed by atoms with Gasteiger partial charge in [0.1, 0.15) is 11.0 Å². The lowest BCUT2D eigenvalue weighted by Gasteiger charge is -2.11. The molecule has 0 aliphatic rings. The van der Waals surface area contributed by atoms with E-state index in [1.807, 2.05) is 13.0 Å². The lowest BCUT2D eigenvalue weighted by atomic mass is 10.2. The summed E-state index contributed by atoms with van der Waals surface area (Å²) in [7, 11) is 0. The molecule has 1 aromatic heterocycles. The summed E-state index contributed by atoms with van der Waals surface area (Å²) >= 11 is 17.4. The van der Waals surface area contributed by atoms with Crippen LogP contribution in [0.1, 0.15) is 5.56 Å². The number of hydrogen-bond donors (Lipinski definition) is 2. The Morgan fingerprint density at radius 1 is 1.15 bits per heavy atom. The Balaban J connectivity index is 2.13. The van der Waals surface area contributed by atoms with Crippen molar-refractivity contribution in [3.63, 3.8) is 0 Å². The molecule has 1 aromatic carbocycles. The van der Waals surface area contributed by atoms with Gasteiger partial charge in [-0.3, -0.25) is 5.32 Å². The molecule has 0 saturated carbocycles. The standard InChI is InChI=1S/C12H9Cl3N4O/c1-6-3-2-4-7(13)10(6)19-12(20)18-9-5-8(14)16-11(15)17-9/h2-5H,1H3,(H2,16,17,18,19,20). The zero-order valence-electron chi connectivity index (χ0n) is 10.2. The van der Waals surface area contributed by atoms with Gasteiger partial charge in [0.05, 0.1) is 10.7 Å². The second-order valence-corrected chi connectivity index (χ2v) is 4.99. The van der Waals surface area contributed by atoms with Gasteiger partial charge in [-0.15, -0.1) is 0 Å². The molecule has 0 unspecified atom stereocenters. The SMILES string of the molecule is Cc1cccc(Cl)c1NC(=O)Nc1cc(Cl)nc(Cl)n1. The number of nitrogens with one attached hydrogen (secondary N) is 2. The Labute approximate surface area is 130 Å². The van der Waals surface area contributed by atoms with Gasteiger partial charge in [-0.05, 0) is 30.2 Å². The number of benzene rings is 1. The van der Waals surface area contributed by atoms with E-state index in [-0.39, 0.29) is 16.3 Å². The van der Waals surface area contributed by atoms with Crippen LogP contribution in [0.2, 0.25) is 15.5 Å². The van der Waals surface area contributed by atoms with E-state index in [4.69, 9.17) is 34.8 Å². The number of halogens is 3. The number of carbonyl (C=O) groups is 1. The maximum absolute atomic E-state index is 11.9. The van der Waals surface area contributed by atoms with E-state index in [0.29, 0.717) is 10.7 Å². The molecule has 0 radical (unpaired) electrons. The van der Waals surface area contributed by atoms with Gasteiger partial charge in [-0.1, -0.05) is 35.3 Å². The molecule has 0 fully saturated rings. The summed E-state index contributed by atoms with van der Waals surface area (Å²) in [6, 6.07) is 6.19. The van der Waals surface area contributed by atoms with Crippen molar-refractivity contribution in [3.05, 3.63) is 45.3 Å². The molecule has 0 spiro atoms. The molecule has 5 nitrogen and oxygen atoms in total. The van der Waals surface area contributed by atoms with Gasteiger partial charge in [0.25, 0.3) is 0 Å². The molecule has 20 heavy (non-hydrogen) atoms. The smallest absolute Gasteiger partial charge is 0.306 e. The largest absolute Gasteiger partial charge is 0.324 e. The Morgan fingerprint density at radius 2 is 1.90 bits per heavy atom. The first-order chi connectivity index (χ1) is 9.45. The van der Waals surface area contributed by atoms with Crippen LogP contribution in [0, 0.1) is 6.92 Å². The molecule has 0 aliphatic heterocycles. The van der Waals surface area contributed by atoms with Gasteiger partial charge in [-0.25, -0.2) is 14.8 Å². The van der Waals surface area contributed by atoms with Crippen molar-refractivity contribution in [3.8, 4) is 0 Å². The van der Waals surface area contributed by atoms with Gasteiger partial charge in [0, 0.05) is 6.07 Å². The maximum Gasteiger partial charge on any atom is 0.324 e. The Hall–Kier alpha value is -1.56. The molecule has 8 heteroatoms. The van der Waals surface area contributed by atoms with Gasteiger partial charge < -0.3 is 5.32 Å². The molecular formula is C12H9Cl3N4O. The molecule has 0 atom stereocenters. The number of aromatic nitrogens is 2. The fourth-order valence-electron chi connectivity index (χ4n) is 1.51. The number of para-hydroxylation sites is 1. The van der Waals surface area contributed by atoms with E-state index in [2.05, 4.69) is 20.6 Å². The molecule has 0 aliphatic carbocycles. The lowest BCUT2D eigenvalue weighted by molar-refractivity contribution is 0.262. The number of hydrogen-bond acceptors (Lipinski definition) is 3. The quantitative estimate of drug-likeness (QED) is 0.633. The first-order valence-corrected chi connectivity index (χ1v) is 6.62. The fourth-order valence-corrected chi connectivity index (χ4v) is 2.18. The van der Waals surface area contributed by atoms with Crippen LogP contribution < -0.4 is 10.6 Å². The average Bonchev–Trinajstić information content (AvgIpc) is 2.32. The number of rotatable bonds is 2. The second-order valence-electron chi connectivity index (χ2n) is 3.86. The molecule has 2 aromatic rings. The van der Waals surface area contributed by atoms with E-state index in [9.17, 15) is 4.79 Å². The molecule has 2 rings (SSSR count). The van der Waals surface area contributed by atoms with Crippen molar-refractivity contribution in [2.24, 2.45) is 0 Å². The molecule has 104 valence electrons. The summed E-state index contributed by atoms with van der Waals surface area (Å²) in [6.07, 6.45) is 0. The predicted molar refractivity (Wildman–Crippen MR) is 80.9 cm³/mol.